The van der Waals surface area contributed by atoms with E-state index >= 15 is 0 Å². The van der Waals surface area contributed by atoms with Gasteiger partial charge in [-0.05, 0) is 58.7 Å². The number of fused-ring (bicyclic) bond motifs is 3. The molecule has 3 aromatic heterocycles. The molecule has 8 aromatic carbocycles. The Morgan fingerprint density at radius 2 is 0.689 bits per heavy atom. The van der Waals surface area contributed by atoms with Crippen LogP contribution in [-0.4, -0.2) is 24.9 Å². The molecule has 0 unspecified atom stereocenters. The lowest BCUT2D eigenvalue weighted by atomic mass is 9.93. The van der Waals surface area contributed by atoms with Gasteiger partial charge in [-0.2, -0.15) is 0 Å². The maximum Gasteiger partial charge on any atom is 0.164 e. The summed E-state index contributed by atoms with van der Waals surface area (Å²) in [6.45, 7) is 0. The summed E-state index contributed by atoms with van der Waals surface area (Å²) in [5.74, 6) is 2.58. The Morgan fingerprint density at radius 3 is 1.26 bits per heavy atom. The first-order valence-corrected chi connectivity index (χ1v) is 21.1. The van der Waals surface area contributed by atoms with Crippen molar-refractivity contribution >= 4 is 31.5 Å². The molecule has 0 aliphatic heterocycles. The molecule has 286 valence electrons. The molecule has 0 fully saturated rings. The van der Waals surface area contributed by atoms with Crippen LogP contribution in [0.25, 0.3) is 110 Å². The van der Waals surface area contributed by atoms with E-state index in [2.05, 4.69) is 115 Å². The van der Waals surface area contributed by atoms with Crippen molar-refractivity contribution in [2.75, 3.05) is 0 Å². The molecule has 0 spiro atoms. The summed E-state index contributed by atoms with van der Waals surface area (Å²) in [5.41, 5.74) is 12.0. The predicted molar refractivity (Wildman–Crippen MR) is 252 cm³/mol. The summed E-state index contributed by atoms with van der Waals surface area (Å²) in [4.78, 5) is 25.3. The van der Waals surface area contributed by atoms with Crippen LogP contribution in [0.5, 0.6) is 0 Å². The summed E-state index contributed by atoms with van der Waals surface area (Å²) in [6, 6.07) is 73.5. The molecule has 0 amide bonds. The number of rotatable bonds is 8. The van der Waals surface area contributed by atoms with Crippen molar-refractivity contribution in [1.29, 1.82) is 0 Å². The summed E-state index contributed by atoms with van der Waals surface area (Å²) >= 11 is 1.82. The fraction of sp³-hybridized carbons (Fsp3) is 0. The highest BCUT2D eigenvalue weighted by Crippen LogP contribution is 2.44. The zero-order valence-electron chi connectivity index (χ0n) is 32.9. The first-order chi connectivity index (χ1) is 30.2. The summed E-state index contributed by atoms with van der Waals surface area (Å²) in [6.07, 6.45) is 0. The maximum absolute atomic E-state index is 5.14. The Kier molecular flexibility index (Phi) is 9.30. The van der Waals surface area contributed by atoms with Crippen molar-refractivity contribution in [3.63, 3.8) is 0 Å². The molecular weight excluding hydrogens is 763 g/mol. The molecule has 0 radical (unpaired) electrons. The molecule has 11 rings (SSSR count). The number of hydrogen-bond acceptors (Lipinski definition) is 6. The Bertz CT molecular complexity index is 3230. The highest BCUT2D eigenvalue weighted by atomic mass is 32.1. The van der Waals surface area contributed by atoms with Crippen LogP contribution in [-0.2, 0) is 0 Å². The van der Waals surface area contributed by atoms with Gasteiger partial charge in [0.25, 0.3) is 0 Å². The smallest absolute Gasteiger partial charge is 0.164 e. The molecule has 0 aliphatic carbocycles. The number of nitrogens with zero attached hydrogens (tertiary/aromatic N) is 5. The van der Waals surface area contributed by atoms with E-state index in [1.807, 2.05) is 108 Å². The molecule has 0 N–H and O–H groups in total. The second-order valence-electron chi connectivity index (χ2n) is 14.9. The number of hydrogen-bond donors (Lipinski definition) is 0. The van der Waals surface area contributed by atoms with Crippen molar-refractivity contribution in [1.82, 2.24) is 24.9 Å². The summed E-state index contributed by atoms with van der Waals surface area (Å²) in [7, 11) is 0. The highest BCUT2D eigenvalue weighted by Gasteiger charge is 2.18. The van der Waals surface area contributed by atoms with E-state index in [-0.39, 0.29) is 0 Å². The SMILES string of the molecule is c1ccc(-c2cc(-c3ccccc3)nc(-c3cccc(-c4cc(-c5cccc(-c6nc(-c7ccccc7)nc(-c7ccccc7)n6)c5)c5c(c4)sc4ccccc45)c3)n2)cc1. The highest BCUT2D eigenvalue weighted by molar-refractivity contribution is 7.26. The molecule has 0 saturated carbocycles. The van der Waals surface area contributed by atoms with Crippen molar-refractivity contribution in [2.24, 2.45) is 0 Å². The Labute approximate surface area is 357 Å². The van der Waals surface area contributed by atoms with Crippen LogP contribution in [0.2, 0.25) is 0 Å². The van der Waals surface area contributed by atoms with Gasteiger partial charge in [0.15, 0.2) is 23.3 Å². The molecule has 61 heavy (non-hydrogen) atoms. The van der Waals surface area contributed by atoms with Gasteiger partial charge in [-0.3, -0.25) is 0 Å². The van der Waals surface area contributed by atoms with E-state index in [1.54, 1.807) is 0 Å². The van der Waals surface area contributed by atoms with E-state index in [0.717, 1.165) is 67.0 Å². The lowest BCUT2D eigenvalue weighted by Crippen LogP contribution is -2.00. The predicted octanol–water partition coefficient (Wildman–Crippen LogP) is 14.4. The minimum Gasteiger partial charge on any atom is -0.228 e. The van der Waals surface area contributed by atoms with Gasteiger partial charge in [0.05, 0.1) is 11.4 Å². The second kappa shape index (κ2) is 15.7. The first kappa shape index (κ1) is 36.2. The molecule has 6 heteroatoms. The van der Waals surface area contributed by atoms with Crippen LogP contribution in [0.15, 0.2) is 212 Å². The average molecular weight is 798 g/mol. The Hall–Kier alpha value is -7.93. The Balaban J connectivity index is 1.06. The van der Waals surface area contributed by atoms with Crippen molar-refractivity contribution in [3.05, 3.63) is 212 Å². The monoisotopic (exact) mass is 797 g/mol. The molecule has 11 aromatic rings. The van der Waals surface area contributed by atoms with Crippen LogP contribution in [0, 0.1) is 0 Å². The lowest BCUT2D eigenvalue weighted by Gasteiger charge is -2.13. The van der Waals surface area contributed by atoms with Crippen molar-refractivity contribution in [2.45, 2.75) is 0 Å². The molecule has 5 nitrogen and oxygen atoms in total. The minimum absolute atomic E-state index is 0.623. The Morgan fingerprint density at radius 1 is 0.262 bits per heavy atom. The van der Waals surface area contributed by atoms with E-state index < -0.39 is 0 Å². The van der Waals surface area contributed by atoms with Gasteiger partial charge >= 0.3 is 0 Å². The first-order valence-electron chi connectivity index (χ1n) is 20.2. The molecule has 0 saturated heterocycles. The normalized spacial score (nSPS) is 11.3. The summed E-state index contributed by atoms with van der Waals surface area (Å²) in [5, 5.41) is 2.47. The molecule has 0 aliphatic rings. The van der Waals surface area contributed by atoms with Crippen LogP contribution in [0.3, 0.4) is 0 Å². The van der Waals surface area contributed by atoms with E-state index in [1.165, 1.54) is 20.2 Å². The third kappa shape index (κ3) is 7.16. The van der Waals surface area contributed by atoms with Crippen LogP contribution in [0.1, 0.15) is 0 Å². The average Bonchev–Trinajstić information content (AvgIpc) is 3.73. The van der Waals surface area contributed by atoms with Gasteiger partial charge in [-0.1, -0.05) is 176 Å². The van der Waals surface area contributed by atoms with Gasteiger partial charge in [-0.15, -0.1) is 11.3 Å². The standard InChI is InChI=1S/C55H35N5S/c1-5-17-36(18-6-1)47-35-48(37-19-7-2-8-20-37)57-54(56-47)42-27-15-25-40(31-42)44-33-46(51-45-29-13-14-30-49(45)61-50(51)34-44)41-26-16-28-43(32-41)55-59-52(38-21-9-3-10-22-38)58-53(60-55)39-23-11-4-12-24-39/h1-35H. The van der Waals surface area contributed by atoms with Crippen LogP contribution >= 0.6 is 11.3 Å². The van der Waals surface area contributed by atoms with Crippen LogP contribution in [0.4, 0.5) is 0 Å². The largest absolute Gasteiger partial charge is 0.228 e. The van der Waals surface area contributed by atoms with Crippen LogP contribution < -0.4 is 0 Å². The third-order valence-corrected chi connectivity index (χ3v) is 12.0. The van der Waals surface area contributed by atoms with E-state index in [9.17, 15) is 0 Å². The van der Waals surface area contributed by atoms with Gasteiger partial charge in [0, 0.05) is 53.6 Å². The van der Waals surface area contributed by atoms with Crippen molar-refractivity contribution in [3.8, 4) is 90.3 Å². The van der Waals surface area contributed by atoms with Gasteiger partial charge < -0.3 is 0 Å². The van der Waals surface area contributed by atoms with Crippen molar-refractivity contribution < 1.29 is 0 Å². The fourth-order valence-corrected chi connectivity index (χ4v) is 9.11. The maximum atomic E-state index is 5.14. The third-order valence-electron chi connectivity index (χ3n) is 10.9. The number of benzene rings is 8. The zero-order chi connectivity index (χ0) is 40.5. The van der Waals surface area contributed by atoms with Gasteiger partial charge in [0.2, 0.25) is 0 Å². The molecular formula is C55H35N5S. The van der Waals surface area contributed by atoms with E-state index in [0.29, 0.717) is 23.3 Å². The molecule has 0 bridgehead atoms. The molecule has 0 atom stereocenters. The fourth-order valence-electron chi connectivity index (χ4n) is 7.94. The lowest BCUT2D eigenvalue weighted by molar-refractivity contribution is 1.07. The summed E-state index contributed by atoms with van der Waals surface area (Å²) < 4.78 is 2.47. The quantitative estimate of drug-likeness (QED) is 0.153. The minimum atomic E-state index is 0.623. The second-order valence-corrected chi connectivity index (χ2v) is 16.0. The van der Waals surface area contributed by atoms with Gasteiger partial charge in [-0.25, -0.2) is 24.9 Å². The zero-order valence-corrected chi connectivity index (χ0v) is 33.7. The number of thiophene rings is 1. The van der Waals surface area contributed by atoms with E-state index in [4.69, 9.17) is 24.9 Å². The number of aromatic nitrogens is 5. The molecule has 3 heterocycles. The van der Waals surface area contributed by atoms with Gasteiger partial charge in [0.1, 0.15) is 0 Å². The topological polar surface area (TPSA) is 64.5 Å².